The summed E-state index contributed by atoms with van der Waals surface area (Å²) in [5, 5.41) is 3.88. The van der Waals surface area contributed by atoms with Crippen LogP contribution in [0.1, 0.15) is 12.8 Å². The van der Waals surface area contributed by atoms with E-state index < -0.39 is 0 Å². The lowest BCUT2D eigenvalue weighted by Crippen LogP contribution is -2.35. The van der Waals surface area contributed by atoms with Crippen LogP contribution < -0.4 is 10.2 Å². The second kappa shape index (κ2) is 5.94. The number of rotatable bonds is 3. The molecule has 3 rings (SSSR count). The third kappa shape index (κ3) is 2.86. The van der Waals surface area contributed by atoms with Crippen LogP contribution in [0.5, 0.6) is 0 Å². The fourth-order valence-corrected chi connectivity index (χ4v) is 3.03. The molecule has 5 heteroatoms. The summed E-state index contributed by atoms with van der Waals surface area (Å²) in [6.45, 7) is 3.19. The zero-order valence-electron chi connectivity index (χ0n) is 11.6. The number of benzene rings is 1. The van der Waals surface area contributed by atoms with Crippen LogP contribution >= 0.6 is 11.6 Å². The van der Waals surface area contributed by atoms with Gasteiger partial charge in [-0.2, -0.15) is 0 Å². The largest absolute Gasteiger partial charge is 0.357 e. The Labute approximate surface area is 124 Å². The van der Waals surface area contributed by atoms with Crippen molar-refractivity contribution >= 4 is 28.5 Å². The molecule has 1 saturated heterocycles. The maximum atomic E-state index is 6.29. The highest BCUT2D eigenvalue weighted by atomic mass is 35.5. The molecule has 1 aliphatic rings. The minimum Gasteiger partial charge on any atom is -0.357 e. The molecule has 0 spiro atoms. The van der Waals surface area contributed by atoms with E-state index in [-0.39, 0.29) is 0 Å². The number of para-hydroxylation sites is 2. The summed E-state index contributed by atoms with van der Waals surface area (Å²) in [5.41, 5.74) is 1.74. The van der Waals surface area contributed by atoms with Gasteiger partial charge in [0, 0.05) is 13.6 Å². The maximum Gasteiger partial charge on any atom is 0.172 e. The normalized spacial score (nSPS) is 16.5. The van der Waals surface area contributed by atoms with Gasteiger partial charge in [-0.15, -0.1) is 0 Å². The number of hydrogen-bond donors (Lipinski definition) is 1. The molecule has 4 nitrogen and oxygen atoms in total. The monoisotopic (exact) mass is 290 g/mol. The SMILES string of the molecule is CN(CC1CCNCC1)c1nc2ccccc2nc1Cl. The molecule has 0 bridgehead atoms. The molecule has 2 heterocycles. The lowest BCUT2D eigenvalue weighted by molar-refractivity contribution is 0.377. The third-order valence-corrected chi connectivity index (χ3v) is 4.12. The Bertz CT molecular complexity index is 595. The summed E-state index contributed by atoms with van der Waals surface area (Å²) in [6, 6.07) is 7.83. The zero-order valence-corrected chi connectivity index (χ0v) is 12.4. The van der Waals surface area contributed by atoms with E-state index >= 15 is 0 Å². The lowest BCUT2D eigenvalue weighted by Gasteiger charge is -2.28. The van der Waals surface area contributed by atoms with Crippen molar-refractivity contribution in [2.45, 2.75) is 12.8 Å². The Morgan fingerprint density at radius 1 is 1.20 bits per heavy atom. The van der Waals surface area contributed by atoms with Crippen LogP contribution in [0.25, 0.3) is 11.0 Å². The highest BCUT2D eigenvalue weighted by molar-refractivity contribution is 6.32. The van der Waals surface area contributed by atoms with Crippen molar-refractivity contribution in [1.29, 1.82) is 0 Å². The zero-order chi connectivity index (χ0) is 13.9. The third-order valence-electron chi connectivity index (χ3n) is 3.86. The molecule has 0 aliphatic carbocycles. The molecule has 0 unspecified atom stereocenters. The van der Waals surface area contributed by atoms with Gasteiger partial charge in [0.25, 0.3) is 0 Å². The molecule has 1 aliphatic heterocycles. The number of aromatic nitrogens is 2. The summed E-state index contributed by atoms with van der Waals surface area (Å²) >= 11 is 6.29. The fraction of sp³-hybridized carbons (Fsp3) is 0.467. The van der Waals surface area contributed by atoms with Gasteiger partial charge in [-0.25, -0.2) is 9.97 Å². The van der Waals surface area contributed by atoms with Gasteiger partial charge in [0.1, 0.15) is 0 Å². The molecule has 106 valence electrons. The maximum absolute atomic E-state index is 6.29. The molecule has 0 saturated carbocycles. The molecule has 20 heavy (non-hydrogen) atoms. The minimum atomic E-state index is 0.486. The average molecular weight is 291 g/mol. The van der Waals surface area contributed by atoms with Crippen molar-refractivity contribution in [3.63, 3.8) is 0 Å². The van der Waals surface area contributed by atoms with E-state index in [1.54, 1.807) is 0 Å². The average Bonchev–Trinajstić information content (AvgIpc) is 2.47. The van der Waals surface area contributed by atoms with Crippen molar-refractivity contribution < 1.29 is 0 Å². The van der Waals surface area contributed by atoms with Crippen LogP contribution in [0.15, 0.2) is 24.3 Å². The van der Waals surface area contributed by atoms with Gasteiger partial charge in [-0.3, -0.25) is 0 Å². The van der Waals surface area contributed by atoms with E-state index in [0.717, 1.165) is 36.5 Å². The van der Waals surface area contributed by atoms with E-state index in [1.807, 2.05) is 31.3 Å². The first-order chi connectivity index (χ1) is 9.74. The lowest BCUT2D eigenvalue weighted by atomic mass is 9.98. The second-order valence-corrected chi connectivity index (χ2v) is 5.76. The molecule has 0 radical (unpaired) electrons. The Kier molecular flexibility index (Phi) is 4.03. The predicted octanol–water partition coefficient (Wildman–Crippen LogP) is 2.72. The van der Waals surface area contributed by atoms with E-state index in [9.17, 15) is 0 Å². The van der Waals surface area contributed by atoms with Crippen molar-refractivity contribution in [2.24, 2.45) is 5.92 Å². The summed E-state index contributed by atoms with van der Waals surface area (Å²) in [5.74, 6) is 1.48. The Hall–Kier alpha value is -1.39. The topological polar surface area (TPSA) is 41.0 Å². The summed E-state index contributed by atoms with van der Waals surface area (Å²) in [6.07, 6.45) is 2.42. The Morgan fingerprint density at radius 2 is 1.85 bits per heavy atom. The number of anilines is 1. The first kappa shape index (κ1) is 13.6. The fourth-order valence-electron chi connectivity index (χ4n) is 2.75. The number of halogens is 1. The number of nitrogens with zero attached hydrogens (tertiary/aromatic N) is 3. The second-order valence-electron chi connectivity index (χ2n) is 5.40. The van der Waals surface area contributed by atoms with Gasteiger partial charge in [-0.1, -0.05) is 23.7 Å². The van der Waals surface area contributed by atoms with Crippen molar-refractivity contribution in [3.8, 4) is 0 Å². The van der Waals surface area contributed by atoms with Crippen LogP contribution in [0.3, 0.4) is 0 Å². The predicted molar refractivity (Wildman–Crippen MR) is 83.4 cm³/mol. The van der Waals surface area contributed by atoms with Crippen LogP contribution in [0, 0.1) is 5.92 Å². The van der Waals surface area contributed by atoms with Crippen LogP contribution in [-0.2, 0) is 0 Å². The van der Waals surface area contributed by atoms with Crippen molar-refractivity contribution in [1.82, 2.24) is 15.3 Å². The van der Waals surface area contributed by atoms with E-state index in [4.69, 9.17) is 11.6 Å². The van der Waals surface area contributed by atoms with Gasteiger partial charge in [-0.05, 0) is 44.0 Å². The number of hydrogen-bond acceptors (Lipinski definition) is 4. The smallest absolute Gasteiger partial charge is 0.172 e. The van der Waals surface area contributed by atoms with E-state index in [1.165, 1.54) is 12.8 Å². The molecule has 2 aromatic rings. The van der Waals surface area contributed by atoms with Gasteiger partial charge >= 0.3 is 0 Å². The highest BCUT2D eigenvalue weighted by Gasteiger charge is 2.18. The van der Waals surface area contributed by atoms with Crippen molar-refractivity contribution in [2.75, 3.05) is 31.6 Å². The quantitative estimate of drug-likeness (QED) is 0.944. The van der Waals surface area contributed by atoms with Gasteiger partial charge < -0.3 is 10.2 Å². The van der Waals surface area contributed by atoms with Crippen LogP contribution in [0.4, 0.5) is 5.82 Å². The number of nitrogens with one attached hydrogen (secondary N) is 1. The molecule has 0 amide bonds. The first-order valence-electron chi connectivity index (χ1n) is 7.08. The first-order valence-corrected chi connectivity index (χ1v) is 7.46. The van der Waals surface area contributed by atoms with Gasteiger partial charge in [0.05, 0.1) is 11.0 Å². The molecule has 1 aromatic carbocycles. The van der Waals surface area contributed by atoms with Crippen LogP contribution in [0.2, 0.25) is 5.15 Å². The Balaban J connectivity index is 1.82. The molecule has 1 aromatic heterocycles. The standard InChI is InChI=1S/C15H19ClN4/c1-20(10-11-6-8-17-9-7-11)15-14(16)18-12-4-2-3-5-13(12)19-15/h2-5,11,17H,6-10H2,1H3. The molecule has 1 fully saturated rings. The summed E-state index contributed by atoms with van der Waals surface area (Å²) < 4.78 is 0. The number of piperidine rings is 1. The van der Waals surface area contributed by atoms with Crippen molar-refractivity contribution in [3.05, 3.63) is 29.4 Å². The van der Waals surface area contributed by atoms with Gasteiger partial charge in [0.2, 0.25) is 0 Å². The molecule has 1 N–H and O–H groups in total. The Morgan fingerprint density at radius 3 is 2.55 bits per heavy atom. The van der Waals surface area contributed by atoms with E-state index in [0.29, 0.717) is 11.1 Å². The highest BCUT2D eigenvalue weighted by Crippen LogP contribution is 2.25. The summed E-state index contributed by atoms with van der Waals surface area (Å²) in [7, 11) is 2.05. The van der Waals surface area contributed by atoms with E-state index in [2.05, 4.69) is 20.2 Å². The minimum absolute atomic E-state index is 0.486. The van der Waals surface area contributed by atoms with Crippen LogP contribution in [-0.4, -0.2) is 36.6 Å². The van der Waals surface area contributed by atoms with Gasteiger partial charge in [0.15, 0.2) is 11.0 Å². The summed E-state index contributed by atoms with van der Waals surface area (Å²) in [4.78, 5) is 11.2. The molecule has 0 atom stereocenters. The molecular formula is C15H19ClN4. The number of fused-ring (bicyclic) bond motifs is 1. The molecular weight excluding hydrogens is 272 g/mol.